The molecule has 0 aliphatic carbocycles. The zero-order chi connectivity index (χ0) is 55.0. The fraction of sp³-hybridized carbons (Fsp3) is 0.746. The molecule has 9 nitrogen and oxygen atoms in total. The Labute approximate surface area is 466 Å². The van der Waals surface area contributed by atoms with E-state index < -0.39 is 49.5 Å². The van der Waals surface area contributed by atoms with Gasteiger partial charge in [-0.25, -0.2) is 0 Å². The number of amides is 1. The van der Waals surface area contributed by atoms with Crippen molar-refractivity contribution in [2.45, 2.75) is 307 Å². The summed E-state index contributed by atoms with van der Waals surface area (Å²) in [6.45, 7) is 3.62. The maximum atomic E-state index is 13.1. The minimum absolute atomic E-state index is 0.190. The van der Waals surface area contributed by atoms with Crippen LogP contribution in [0.2, 0.25) is 0 Å². The number of carbonyl (C=O) groups excluding carboxylic acids is 1. The summed E-state index contributed by atoms with van der Waals surface area (Å²) in [7, 11) is 0. The average molecular weight is 1060 g/mol. The molecular weight excluding hydrogens is 947 g/mol. The van der Waals surface area contributed by atoms with Crippen molar-refractivity contribution < 1.29 is 39.8 Å². The first kappa shape index (κ1) is 71.1. The summed E-state index contributed by atoms with van der Waals surface area (Å²) in [4.78, 5) is 13.1. The van der Waals surface area contributed by atoms with Crippen molar-refractivity contribution in [3.8, 4) is 0 Å². The van der Waals surface area contributed by atoms with Gasteiger partial charge in [-0.1, -0.05) is 265 Å². The molecule has 1 amide bonds. The van der Waals surface area contributed by atoms with Crippen molar-refractivity contribution >= 4 is 5.91 Å². The molecular formula is C67H117NO8. The van der Waals surface area contributed by atoms with Gasteiger partial charge in [0.1, 0.15) is 24.4 Å². The van der Waals surface area contributed by atoms with Gasteiger partial charge in [0.2, 0.25) is 5.91 Å². The van der Waals surface area contributed by atoms with Crippen LogP contribution in [0.1, 0.15) is 264 Å². The molecule has 1 fully saturated rings. The second-order valence-electron chi connectivity index (χ2n) is 21.4. The van der Waals surface area contributed by atoms with Crippen LogP contribution in [0.5, 0.6) is 0 Å². The van der Waals surface area contributed by atoms with E-state index in [2.05, 4.69) is 104 Å². The molecule has 7 unspecified atom stereocenters. The third-order valence-electron chi connectivity index (χ3n) is 14.4. The highest BCUT2D eigenvalue weighted by Gasteiger charge is 2.44. The van der Waals surface area contributed by atoms with Gasteiger partial charge in [0.05, 0.1) is 25.4 Å². The minimum atomic E-state index is -1.58. The summed E-state index contributed by atoms with van der Waals surface area (Å²) in [6.07, 6.45) is 73.7. The van der Waals surface area contributed by atoms with E-state index >= 15 is 0 Å². The Bertz CT molecular complexity index is 1510. The summed E-state index contributed by atoms with van der Waals surface area (Å²) in [6, 6.07) is -0.830. The van der Waals surface area contributed by atoms with Crippen molar-refractivity contribution in [1.29, 1.82) is 0 Å². The lowest BCUT2D eigenvalue weighted by Gasteiger charge is -2.40. The molecule has 76 heavy (non-hydrogen) atoms. The average Bonchev–Trinajstić information content (AvgIpc) is 3.42. The van der Waals surface area contributed by atoms with Gasteiger partial charge >= 0.3 is 0 Å². The number of rotatable bonds is 53. The van der Waals surface area contributed by atoms with Crippen LogP contribution in [-0.2, 0) is 14.3 Å². The Morgan fingerprint density at radius 1 is 0.461 bits per heavy atom. The molecule has 1 aliphatic heterocycles. The summed E-state index contributed by atoms with van der Waals surface area (Å²) in [5.41, 5.74) is 0. The monoisotopic (exact) mass is 1060 g/mol. The molecule has 0 saturated carbocycles. The lowest BCUT2D eigenvalue weighted by atomic mass is 9.99. The van der Waals surface area contributed by atoms with Crippen molar-refractivity contribution in [3.63, 3.8) is 0 Å². The highest BCUT2D eigenvalue weighted by atomic mass is 16.7. The molecule has 0 spiro atoms. The van der Waals surface area contributed by atoms with E-state index in [9.17, 15) is 30.3 Å². The quantitative estimate of drug-likeness (QED) is 0.0261. The molecule has 1 rings (SSSR count). The number of nitrogens with one attached hydrogen (secondary N) is 1. The molecule has 9 heteroatoms. The number of allylic oxidation sites excluding steroid dienone is 15. The summed E-state index contributed by atoms with van der Waals surface area (Å²) < 4.78 is 11.2. The number of ether oxygens (including phenoxy) is 2. The van der Waals surface area contributed by atoms with Crippen LogP contribution in [0, 0.1) is 0 Å². The fourth-order valence-corrected chi connectivity index (χ4v) is 9.45. The number of hydrogen-bond donors (Lipinski definition) is 6. The van der Waals surface area contributed by atoms with Crippen LogP contribution in [0.15, 0.2) is 97.2 Å². The Hall–Kier alpha value is -2.89. The summed E-state index contributed by atoms with van der Waals surface area (Å²) >= 11 is 0. The Kier molecular flexibility index (Phi) is 51.9. The number of unbranched alkanes of at least 4 members (excludes halogenated alkanes) is 29. The molecule has 0 radical (unpaired) electrons. The molecule has 1 heterocycles. The van der Waals surface area contributed by atoms with Gasteiger partial charge in [-0.05, 0) is 89.9 Å². The van der Waals surface area contributed by atoms with E-state index in [0.29, 0.717) is 6.42 Å². The topological polar surface area (TPSA) is 149 Å². The molecule has 0 aromatic heterocycles. The number of hydrogen-bond acceptors (Lipinski definition) is 8. The molecule has 0 aromatic carbocycles. The van der Waals surface area contributed by atoms with Gasteiger partial charge in [-0.3, -0.25) is 4.79 Å². The Balaban J connectivity index is 2.07. The van der Waals surface area contributed by atoms with Crippen LogP contribution < -0.4 is 5.32 Å². The number of aliphatic hydroxyl groups excluding tert-OH is 5. The molecule has 0 aromatic rings. The lowest BCUT2D eigenvalue weighted by molar-refractivity contribution is -0.302. The van der Waals surface area contributed by atoms with Crippen molar-refractivity contribution in [3.05, 3.63) is 97.2 Å². The third kappa shape index (κ3) is 44.0. The summed E-state index contributed by atoms with van der Waals surface area (Å²) in [5, 5.41) is 54.4. The Morgan fingerprint density at radius 2 is 0.829 bits per heavy atom. The third-order valence-corrected chi connectivity index (χ3v) is 14.4. The zero-order valence-electron chi connectivity index (χ0n) is 48.7. The lowest BCUT2D eigenvalue weighted by Crippen LogP contribution is -2.60. The van der Waals surface area contributed by atoms with E-state index in [1.165, 1.54) is 161 Å². The fourth-order valence-electron chi connectivity index (χ4n) is 9.45. The van der Waals surface area contributed by atoms with Crippen molar-refractivity contribution in [2.24, 2.45) is 0 Å². The van der Waals surface area contributed by atoms with E-state index in [1.807, 2.05) is 6.08 Å². The van der Waals surface area contributed by atoms with Gasteiger partial charge in [0.15, 0.2) is 6.29 Å². The first-order valence-electron chi connectivity index (χ1n) is 31.5. The molecule has 6 N–H and O–H groups in total. The van der Waals surface area contributed by atoms with E-state index in [4.69, 9.17) is 9.47 Å². The Morgan fingerprint density at radius 3 is 1.26 bits per heavy atom. The van der Waals surface area contributed by atoms with E-state index in [0.717, 1.165) is 83.5 Å². The molecule has 438 valence electrons. The first-order valence-corrected chi connectivity index (χ1v) is 31.5. The van der Waals surface area contributed by atoms with Crippen LogP contribution in [0.25, 0.3) is 0 Å². The van der Waals surface area contributed by atoms with Gasteiger partial charge in [0.25, 0.3) is 0 Å². The van der Waals surface area contributed by atoms with Crippen molar-refractivity contribution in [2.75, 3.05) is 13.2 Å². The standard InChI is InChI=1S/C67H117NO8/c1-3-5-7-9-11-13-15-17-19-20-21-22-23-24-25-26-27-28-29-30-31-32-33-34-35-36-37-38-39-40-41-42-43-45-47-49-51-53-55-57-63(71)68-60(59-75-67-66(74)65(73)64(72)62(58-69)76-67)61(70)56-54-52-50-48-46-44-18-16-14-12-10-8-6-4-2/h5,7,11,13-14,16-17,19,21-22,24-25,46,48,54,56,60-62,64-67,69-70,72-74H,3-4,6,8-10,12,15,18,20,23,26-45,47,49-53,55,57-59H2,1-2H3,(H,68,71)/b7-5-,13-11-,16-14+,19-17-,22-21-,25-24-,48-46+,56-54+. The second kappa shape index (κ2) is 55.4. The minimum Gasteiger partial charge on any atom is -0.394 e. The zero-order valence-corrected chi connectivity index (χ0v) is 48.7. The van der Waals surface area contributed by atoms with Gasteiger partial charge in [0, 0.05) is 6.42 Å². The maximum Gasteiger partial charge on any atom is 0.220 e. The normalized spacial score (nSPS) is 19.5. The molecule has 1 saturated heterocycles. The number of aliphatic hydroxyl groups is 5. The van der Waals surface area contributed by atoms with Crippen LogP contribution in [0.3, 0.4) is 0 Å². The first-order chi connectivity index (χ1) is 37.3. The molecule has 0 bridgehead atoms. The van der Waals surface area contributed by atoms with Gasteiger partial charge in [-0.2, -0.15) is 0 Å². The largest absolute Gasteiger partial charge is 0.394 e. The highest BCUT2D eigenvalue weighted by Crippen LogP contribution is 2.23. The maximum absolute atomic E-state index is 13.1. The van der Waals surface area contributed by atoms with E-state index in [-0.39, 0.29) is 12.5 Å². The highest BCUT2D eigenvalue weighted by molar-refractivity contribution is 5.76. The molecule has 7 atom stereocenters. The second-order valence-corrected chi connectivity index (χ2v) is 21.4. The van der Waals surface area contributed by atoms with Crippen molar-refractivity contribution in [1.82, 2.24) is 5.32 Å². The predicted molar refractivity (Wildman–Crippen MR) is 322 cm³/mol. The summed E-state index contributed by atoms with van der Waals surface area (Å²) in [5.74, 6) is -0.190. The number of carbonyl (C=O) groups is 1. The van der Waals surface area contributed by atoms with Crippen LogP contribution >= 0.6 is 0 Å². The smallest absolute Gasteiger partial charge is 0.220 e. The van der Waals surface area contributed by atoms with Crippen LogP contribution in [0.4, 0.5) is 0 Å². The van der Waals surface area contributed by atoms with E-state index in [1.54, 1.807) is 6.08 Å². The van der Waals surface area contributed by atoms with Crippen LogP contribution in [-0.4, -0.2) is 87.5 Å². The SMILES string of the molecule is CC/C=C\C/C=C\C/C=C\C/C=C\C/C=C\CCCCCCCCCCCCCCCCCCCCCCCCCC(=O)NC(COC1OC(CO)C(O)C(O)C1O)C(O)/C=C/CC/C=C/CC/C=C/CCCCCC. The molecule has 1 aliphatic rings. The predicted octanol–water partition coefficient (Wildman–Crippen LogP) is 16.4. The van der Waals surface area contributed by atoms with Gasteiger partial charge in [-0.15, -0.1) is 0 Å². The van der Waals surface area contributed by atoms with Gasteiger partial charge < -0.3 is 40.3 Å².